The zero-order chi connectivity index (χ0) is 13.9. The number of ether oxygens (including phenoxy) is 1. The average molecular weight is 328 g/mol. The summed E-state index contributed by atoms with van der Waals surface area (Å²) in [6.07, 6.45) is 2.16. The molecule has 1 aliphatic rings. The summed E-state index contributed by atoms with van der Waals surface area (Å²) in [6.45, 7) is 3.01. The number of carbonyl (C=O) groups is 1. The summed E-state index contributed by atoms with van der Waals surface area (Å²) in [6, 6.07) is 7.34. The number of nitrogens with one attached hydrogen (secondary N) is 1. The van der Waals surface area contributed by atoms with E-state index in [-0.39, 0.29) is 6.10 Å². The molecule has 5 heteroatoms. The molecule has 1 fully saturated rings. The van der Waals surface area contributed by atoms with Crippen LogP contribution in [0.4, 0.5) is 0 Å². The van der Waals surface area contributed by atoms with E-state index in [1.54, 1.807) is 6.92 Å². The molecule has 1 aromatic carbocycles. The third-order valence-electron chi connectivity index (χ3n) is 3.56. The highest BCUT2D eigenvalue weighted by Gasteiger charge is 2.35. The van der Waals surface area contributed by atoms with Gasteiger partial charge in [0.1, 0.15) is 5.54 Å². The molecule has 1 aliphatic heterocycles. The molecule has 0 amide bonds. The van der Waals surface area contributed by atoms with Gasteiger partial charge in [0.15, 0.2) is 0 Å². The standard InChI is InChI=1S/C14H18BrNO3/c1-14(13(17)18,10-4-6-11(15)7-5-10)16-9-12-3-2-8-19-12/h4-7,12,16H,2-3,8-9H2,1H3,(H,17,18). The number of hydrogen-bond acceptors (Lipinski definition) is 3. The second-order valence-corrected chi connectivity index (χ2v) is 5.87. The predicted octanol–water partition coefficient (Wildman–Crippen LogP) is 2.52. The maximum Gasteiger partial charge on any atom is 0.328 e. The van der Waals surface area contributed by atoms with Gasteiger partial charge in [0.2, 0.25) is 0 Å². The molecule has 0 radical (unpaired) electrons. The Hall–Kier alpha value is -0.910. The Morgan fingerprint density at radius 3 is 2.74 bits per heavy atom. The van der Waals surface area contributed by atoms with Crippen molar-refractivity contribution < 1.29 is 14.6 Å². The fourth-order valence-corrected chi connectivity index (χ4v) is 2.47. The highest BCUT2D eigenvalue weighted by atomic mass is 79.9. The first-order valence-corrected chi connectivity index (χ1v) is 7.18. The predicted molar refractivity (Wildman–Crippen MR) is 76.1 cm³/mol. The van der Waals surface area contributed by atoms with Gasteiger partial charge in [-0.15, -0.1) is 0 Å². The number of rotatable bonds is 5. The van der Waals surface area contributed by atoms with Gasteiger partial charge in [0, 0.05) is 17.6 Å². The van der Waals surface area contributed by atoms with E-state index in [9.17, 15) is 9.90 Å². The van der Waals surface area contributed by atoms with Crippen molar-refractivity contribution in [2.45, 2.75) is 31.4 Å². The van der Waals surface area contributed by atoms with Crippen LogP contribution in [0.2, 0.25) is 0 Å². The molecule has 1 saturated heterocycles. The van der Waals surface area contributed by atoms with Crippen LogP contribution in [0, 0.1) is 0 Å². The summed E-state index contributed by atoms with van der Waals surface area (Å²) < 4.78 is 6.45. The maximum absolute atomic E-state index is 11.6. The van der Waals surface area contributed by atoms with Crippen LogP contribution in [0.1, 0.15) is 25.3 Å². The molecule has 19 heavy (non-hydrogen) atoms. The molecule has 2 rings (SSSR count). The monoisotopic (exact) mass is 327 g/mol. The average Bonchev–Trinajstić information content (AvgIpc) is 2.89. The van der Waals surface area contributed by atoms with E-state index < -0.39 is 11.5 Å². The van der Waals surface area contributed by atoms with Crippen molar-refractivity contribution in [1.82, 2.24) is 5.32 Å². The summed E-state index contributed by atoms with van der Waals surface area (Å²) in [5, 5.41) is 12.6. The van der Waals surface area contributed by atoms with E-state index in [0.717, 1.165) is 29.5 Å². The first-order valence-electron chi connectivity index (χ1n) is 6.38. The zero-order valence-corrected chi connectivity index (χ0v) is 12.4. The van der Waals surface area contributed by atoms with Crippen LogP contribution in [0.3, 0.4) is 0 Å². The van der Waals surface area contributed by atoms with E-state index in [0.29, 0.717) is 6.54 Å². The minimum Gasteiger partial charge on any atom is -0.480 e. The minimum absolute atomic E-state index is 0.120. The zero-order valence-electron chi connectivity index (χ0n) is 10.9. The Labute approximate surface area is 121 Å². The summed E-state index contributed by atoms with van der Waals surface area (Å²) in [7, 11) is 0. The van der Waals surface area contributed by atoms with Crippen molar-refractivity contribution in [2.24, 2.45) is 0 Å². The first kappa shape index (κ1) is 14.5. The maximum atomic E-state index is 11.6. The van der Waals surface area contributed by atoms with Gasteiger partial charge in [-0.05, 0) is 37.5 Å². The molecule has 4 nitrogen and oxygen atoms in total. The second-order valence-electron chi connectivity index (χ2n) is 4.95. The molecular formula is C14H18BrNO3. The second kappa shape index (κ2) is 6.03. The van der Waals surface area contributed by atoms with Crippen LogP contribution < -0.4 is 5.32 Å². The minimum atomic E-state index is -1.09. The lowest BCUT2D eigenvalue weighted by molar-refractivity contribution is -0.144. The van der Waals surface area contributed by atoms with Crippen molar-refractivity contribution in [3.8, 4) is 0 Å². The van der Waals surface area contributed by atoms with E-state index in [1.165, 1.54) is 0 Å². The molecule has 1 aromatic rings. The Bertz CT molecular complexity index is 443. The molecule has 104 valence electrons. The van der Waals surface area contributed by atoms with Crippen molar-refractivity contribution in [3.05, 3.63) is 34.3 Å². The molecule has 0 saturated carbocycles. The fraction of sp³-hybridized carbons (Fsp3) is 0.500. The number of halogens is 1. The Balaban J connectivity index is 2.12. The highest BCUT2D eigenvalue weighted by Crippen LogP contribution is 2.24. The number of carboxylic acids is 1. The van der Waals surface area contributed by atoms with Gasteiger partial charge in [-0.2, -0.15) is 0 Å². The van der Waals surface area contributed by atoms with E-state index in [4.69, 9.17) is 4.74 Å². The van der Waals surface area contributed by atoms with Crippen LogP contribution in [-0.2, 0) is 15.1 Å². The fourth-order valence-electron chi connectivity index (χ4n) is 2.21. The smallest absolute Gasteiger partial charge is 0.328 e. The normalized spacial score (nSPS) is 22.1. The van der Waals surface area contributed by atoms with Gasteiger partial charge >= 0.3 is 5.97 Å². The van der Waals surface area contributed by atoms with Crippen LogP contribution in [0.15, 0.2) is 28.7 Å². The van der Waals surface area contributed by atoms with Gasteiger partial charge in [-0.1, -0.05) is 28.1 Å². The Morgan fingerprint density at radius 2 is 2.21 bits per heavy atom. The lowest BCUT2D eigenvalue weighted by Gasteiger charge is -2.28. The number of carboxylic acid groups (broad SMARTS) is 1. The molecule has 0 spiro atoms. The van der Waals surface area contributed by atoms with Crippen LogP contribution in [0.25, 0.3) is 0 Å². The van der Waals surface area contributed by atoms with Gasteiger partial charge in [0.25, 0.3) is 0 Å². The molecule has 2 unspecified atom stereocenters. The highest BCUT2D eigenvalue weighted by molar-refractivity contribution is 9.10. The van der Waals surface area contributed by atoms with E-state index >= 15 is 0 Å². The van der Waals surface area contributed by atoms with Gasteiger partial charge in [-0.25, -0.2) is 4.79 Å². The molecule has 0 aliphatic carbocycles. The van der Waals surface area contributed by atoms with Gasteiger partial charge in [0.05, 0.1) is 6.10 Å². The molecule has 1 heterocycles. The largest absolute Gasteiger partial charge is 0.480 e. The molecule has 0 bridgehead atoms. The topological polar surface area (TPSA) is 58.6 Å². The Kier molecular flexibility index (Phi) is 4.60. The molecule has 2 atom stereocenters. The Morgan fingerprint density at radius 1 is 1.53 bits per heavy atom. The third-order valence-corrected chi connectivity index (χ3v) is 4.09. The summed E-state index contributed by atoms with van der Waals surface area (Å²) in [4.78, 5) is 11.6. The number of benzene rings is 1. The quantitative estimate of drug-likeness (QED) is 0.872. The van der Waals surface area contributed by atoms with Crippen molar-refractivity contribution in [3.63, 3.8) is 0 Å². The lowest BCUT2D eigenvalue weighted by atomic mass is 9.92. The van der Waals surface area contributed by atoms with Gasteiger partial charge in [-0.3, -0.25) is 5.32 Å². The third kappa shape index (κ3) is 3.35. The first-order chi connectivity index (χ1) is 9.02. The summed E-state index contributed by atoms with van der Waals surface area (Å²) in [5.41, 5.74) is -0.353. The van der Waals surface area contributed by atoms with Gasteiger partial charge < -0.3 is 9.84 Å². The van der Waals surface area contributed by atoms with Crippen LogP contribution >= 0.6 is 15.9 Å². The van der Waals surface area contributed by atoms with Crippen LogP contribution in [0.5, 0.6) is 0 Å². The van der Waals surface area contributed by atoms with Crippen molar-refractivity contribution in [2.75, 3.05) is 13.2 Å². The van der Waals surface area contributed by atoms with E-state index in [1.807, 2.05) is 24.3 Å². The number of aliphatic carboxylic acids is 1. The van der Waals surface area contributed by atoms with Crippen molar-refractivity contribution >= 4 is 21.9 Å². The summed E-state index contributed by atoms with van der Waals surface area (Å²) >= 11 is 3.35. The molecular weight excluding hydrogens is 310 g/mol. The molecule has 2 N–H and O–H groups in total. The lowest BCUT2D eigenvalue weighted by Crippen LogP contribution is -2.49. The van der Waals surface area contributed by atoms with Crippen LogP contribution in [-0.4, -0.2) is 30.3 Å². The van der Waals surface area contributed by atoms with Crippen molar-refractivity contribution in [1.29, 1.82) is 0 Å². The number of hydrogen-bond donors (Lipinski definition) is 2. The summed E-state index contributed by atoms with van der Waals surface area (Å²) in [5.74, 6) is -0.882. The van der Waals surface area contributed by atoms with E-state index in [2.05, 4.69) is 21.2 Å². The SMILES string of the molecule is CC(NCC1CCCO1)(C(=O)O)c1ccc(Br)cc1. The molecule has 0 aromatic heterocycles.